The van der Waals surface area contributed by atoms with Crippen molar-refractivity contribution in [1.29, 1.82) is 5.26 Å². The fraction of sp³-hybridized carbons (Fsp3) is 0.360. The minimum atomic E-state index is -0.556. The number of rotatable bonds is 7. The van der Waals surface area contributed by atoms with Gasteiger partial charge in [0.25, 0.3) is 0 Å². The number of halogens is 1. The van der Waals surface area contributed by atoms with Crippen LogP contribution in [0.15, 0.2) is 48.5 Å². The summed E-state index contributed by atoms with van der Waals surface area (Å²) in [7, 11) is 1.61. The SMILES string of the molecule is COc1ccc(-n2nc(NCC3CCCC(CO)C3)cc2-c2ccc(C#N)c(F)c2)cc1. The monoisotopic (exact) mass is 434 g/mol. The summed E-state index contributed by atoms with van der Waals surface area (Å²) in [4.78, 5) is 0. The van der Waals surface area contributed by atoms with Crippen molar-refractivity contribution in [2.24, 2.45) is 11.8 Å². The highest BCUT2D eigenvalue weighted by Gasteiger charge is 2.22. The maximum Gasteiger partial charge on any atom is 0.149 e. The Bertz CT molecular complexity index is 1100. The molecule has 0 aliphatic heterocycles. The van der Waals surface area contributed by atoms with Gasteiger partial charge in [0, 0.05) is 24.8 Å². The fourth-order valence-corrected chi connectivity index (χ4v) is 4.36. The Hall–Kier alpha value is -3.37. The second-order valence-electron chi connectivity index (χ2n) is 8.29. The zero-order valence-electron chi connectivity index (χ0n) is 18.1. The van der Waals surface area contributed by atoms with Crippen LogP contribution in [-0.4, -0.2) is 35.1 Å². The first-order chi connectivity index (χ1) is 15.6. The molecule has 166 valence electrons. The fourth-order valence-electron chi connectivity index (χ4n) is 4.36. The lowest BCUT2D eigenvalue weighted by Gasteiger charge is -2.27. The van der Waals surface area contributed by atoms with E-state index in [0.717, 1.165) is 49.4 Å². The van der Waals surface area contributed by atoms with E-state index >= 15 is 0 Å². The standard InChI is InChI=1S/C25H27FN4O2/c1-32-22-9-7-21(8-10-22)30-24(19-5-6-20(14-27)23(26)12-19)13-25(29-30)28-15-17-3-2-4-18(11-17)16-31/h5-10,12-13,17-18,31H,2-4,11,15-16H2,1H3,(H,28,29). The number of benzene rings is 2. The predicted molar refractivity (Wildman–Crippen MR) is 121 cm³/mol. The molecular formula is C25H27FN4O2. The molecule has 0 amide bonds. The summed E-state index contributed by atoms with van der Waals surface area (Å²) in [5.74, 6) is 1.75. The van der Waals surface area contributed by atoms with E-state index in [4.69, 9.17) is 15.1 Å². The summed E-state index contributed by atoms with van der Waals surface area (Å²) in [6.45, 7) is 1.02. The number of nitriles is 1. The molecule has 7 heteroatoms. The Morgan fingerprint density at radius 3 is 2.66 bits per heavy atom. The Morgan fingerprint density at radius 1 is 1.19 bits per heavy atom. The third-order valence-electron chi connectivity index (χ3n) is 6.13. The molecule has 0 radical (unpaired) electrons. The number of aromatic nitrogens is 2. The molecule has 1 aromatic heterocycles. The maximum absolute atomic E-state index is 14.3. The zero-order valence-corrected chi connectivity index (χ0v) is 18.1. The number of nitrogens with one attached hydrogen (secondary N) is 1. The van der Waals surface area contributed by atoms with Crippen LogP contribution < -0.4 is 10.1 Å². The first-order valence-corrected chi connectivity index (χ1v) is 10.9. The van der Waals surface area contributed by atoms with Crippen LogP contribution in [-0.2, 0) is 0 Å². The molecule has 2 aromatic carbocycles. The van der Waals surface area contributed by atoms with Gasteiger partial charge in [-0.25, -0.2) is 9.07 Å². The van der Waals surface area contributed by atoms with Crippen LogP contribution in [0.3, 0.4) is 0 Å². The van der Waals surface area contributed by atoms with Gasteiger partial charge in [0.05, 0.1) is 24.1 Å². The highest BCUT2D eigenvalue weighted by Crippen LogP contribution is 2.31. The van der Waals surface area contributed by atoms with Gasteiger partial charge in [-0.3, -0.25) is 0 Å². The van der Waals surface area contributed by atoms with E-state index in [2.05, 4.69) is 5.32 Å². The summed E-state index contributed by atoms with van der Waals surface area (Å²) >= 11 is 0. The van der Waals surface area contributed by atoms with Gasteiger partial charge in [-0.05, 0) is 67.5 Å². The van der Waals surface area contributed by atoms with Crippen molar-refractivity contribution in [3.63, 3.8) is 0 Å². The Labute approximate surface area is 187 Å². The van der Waals surface area contributed by atoms with Crippen LogP contribution >= 0.6 is 0 Å². The molecule has 1 aliphatic rings. The largest absolute Gasteiger partial charge is 0.497 e. The lowest BCUT2D eigenvalue weighted by molar-refractivity contribution is 0.164. The molecular weight excluding hydrogens is 407 g/mol. The first-order valence-electron chi connectivity index (χ1n) is 10.9. The van der Waals surface area contributed by atoms with Crippen molar-refractivity contribution in [1.82, 2.24) is 9.78 Å². The number of nitrogens with zero attached hydrogens (tertiary/aromatic N) is 3. The van der Waals surface area contributed by atoms with Gasteiger partial charge in [0.15, 0.2) is 0 Å². The summed E-state index contributed by atoms with van der Waals surface area (Å²) < 4.78 is 21.3. The minimum Gasteiger partial charge on any atom is -0.497 e. The van der Waals surface area contributed by atoms with Gasteiger partial charge in [-0.15, -0.1) is 5.10 Å². The molecule has 6 nitrogen and oxygen atoms in total. The Balaban J connectivity index is 1.63. The van der Waals surface area contributed by atoms with Crippen molar-refractivity contribution in [2.45, 2.75) is 25.7 Å². The van der Waals surface area contributed by atoms with Gasteiger partial charge in [-0.2, -0.15) is 5.26 Å². The van der Waals surface area contributed by atoms with E-state index in [-0.39, 0.29) is 12.2 Å². The van der Waals surface area contributed by atoms with E-state index in [9.17, 15) is 9.50 Å². The molecule has 1 fully saturated rings. The number of aliphatic hydroxyl groups excluding tert-OH is 1. The predicted octanol–water partition coefficient (Wildman–Crippen LogP) is 4.77. The summed E-state index contributed by atoms with van der Waals surface area (Å²) in [6, 6.07) is 15.8. The molecule has 1 aliphatic carbocycles. The van der Waals surface area contributed by atoms with Gasteiger partial charge in [0.1, 0.15) is 23.5 Å². The molecule has 2 N–H and O–H groups in total. The second kappa shape index (κ2) is 9.84. The molecule has 2 atom stereocenters. The van der Waals surface area contributed by atoms with Crippen LogP contribution in [0.4, 0.5) is 10.2 Å². The van der Waals surface area contributed by atoms with E-state index in [1.54, 1.807) is 17.9 Å². The number of ether oxygens (including phenoxy) is 1. The number of methoxy groups -OCH3 is 1. The van der Waals surface area contributed by atoms with Crippen molar-refractivity contribution in [3.05, 3.63) is 59.9 Å². The number of hydrogen-bond acceptors (Lipinski definition) is 5. The smallest absolute Gasteiger partial charge is 0.149 e. The topological polar surface area (TPSA) is 83.1 Å². The molecule has 1 heterocycles. The molecule has 0 spiro atoms. The molecule has 0 saturated heterocycles. The van der Waals surface area contributed by atoms with Crippen LogP contribution in [0.2, 0.25) is 0 Å². The third kappa shape index (κ3) is 4.76. The Morgan fingerprint density at radius 2 is 1.97 bits per heavy atom. The quantitative estimate of drug-likeness (QED) is 0.560. The molecule has 3 aromatic rings. The lowest BCUT2D eigenvalue weighted by atomic mass is 9.82. The summed E-state index contributed by atoms with van der Waals surface area (Å²) in [5, 5.41) is 26.7. The van der Waals surface area contributed by atoms with Gasteiger partial charge < -0.3 is 15.2 Å². The maximum atomic E-state index is 14.3. The number of anilines is 1. The summed E-state index contributed by atoms with van der Waals surface area (Å²) in [6.07, 6.45) is 4.37. The molecule has 4 rings (SSSR count). The molecule has 32 heavy (non-hydrogen) atoms. The van der Waals surface area contributed by atoms with Gasteiger partial charge >= 0.3 is 0 Å². The highest BCUT2D eigenvalue weighted by molar-refractivity contribution is 5.67. The third-order valence-corrected chi connectivity index (χ3v) is 6.13. The van der Waals surface area contributed by atoms with Crippen molar-refractivity contribution >= 4 is 5.82 Å². The molecule has 0 bridgehead atoms. The van der Waals surface area contributed by atoms with E-state index in [1.807, 2.05) is 36.4 Å². The molecule has 1 saturated carbocycles. The van der Waals surface area contributed by atoms with Gasteiger partial charge in [0.2, 0.25) is 0 Å². The van der Waals surface area contributed by atoms with Crippen LogP contribution in [0, 0.1) is 29.0 Å². The lowest BCUT2D eigenvalue weighted by Crippen LogP contribution is -2.24. The van der Waals surface area contributed by atoms with Crippen LogP contribution in [0.25, 0.3) is 16.9 Å². The second-order valence-corrected chi connectivity index (χ2v) is 8.29. The summed E-state index contributed by atoms with van der Waals surface area (Å²) in [5.41, 5.74) is 2.18. The number of aliphatic hydroxyl groups is 1. The number of hydrogen-bond donors (Lipinski definition) is 2. The minimum absolute atomic E-state index is 0.0124. The van der Waals surface area contributed by atoms with Crippen LogP contribution in [0.1, 0.15) is 31.2 Å². The van der Waals surface area contributed by atoms with Crippen molar-refractivity contribution < 1.29 is 14.2 Å². The zero-order chi connectivity index (χ0) is 22.5. The van der Waals surface area contributed by atoms with Gasteiger partial charge in [-0.1, -0.05) is 12.5 Å². The van der Waals surface area contributed by atoms with E-state index < -0.39 is 5.82 Å². The van der Waals surface area contributed by atoms with E-state index in [0.29, 0.717) is 23.2 Å². The van der Waals surface area contributed by atoms with Crippen molar-refractivity contribution in [3.8, 4) is 28.8 Å². The van der Waals surface area contributed by atoms with Crippen LogP contribution in [0.5, 0.6) is 5.75 Å². The average molecular weight is 435 g/mol. The Kier molecular flexibility index (Phi) is 6.72. The molecule has 2 unspecified atom stereocenters. The average Bonchev–Trinajstić information content (AvgIpc) is 3.27. The van der Waals surface area contributed by atoms with E-state index in [1.165, 1.54) is 12.1 Å². The van der Waals surface area contributed by atoms with Crippen molar-refractivity contribution in [2.75, 3.05) is 25.6 Å². The highest BCUT2D eigenvalue weighted by atomic mass is 19.1. The normalized spacial score (nSPS) is 18.2. The first kappa shape index (κ1) is 21.8.